The number of hydrogen-bond donors (Lipinski definition) is 1. The lowest BCUT2D eigenvalue weighted by molar-refractivity contribution is -0.143. The summed E-state index contributed by atoms with van der Waals surface area (Å²) in [7, 11) is 0. The Morgan fingerprint density at radius 2 is 2.18 bits per heavy atom. The van der Waals surface area contributed by atoms with Crippen molar-refractivity contribution in [1.29, 1.82) is 0 Å². The number of carboxylic acids is 1. The minimum Gasteiger partial charge on any atom is -0.481 e. The number of epoxide rings is 1. The zero-order valence-corrected chi connectivity index (χ0v) is 6.06. The van der Waals surface area contributed by atoms with Crippen LogP contribution in [0.15, 0.2) is 0 Å². The Morgan fingerprint density at radius 3 is 2.73 bits per heavy atom. The van der Waals surface area contributed by atoms with Gasteiger partial charge in [-0.1, -0.05) is 0 Å². The number of rotatable bonds is 1. The molecule has 3 rings (SSSR count). The summed E-state index contributed by atoms with van der Waals surface area (Å²) in [6.07, 6.45) is 2.75. The summed E-state index contributed by atoms with van der Waals surface area (Å²) < 4.78 is 5.36. The van der Waals surface area contributed by atoms with Crippen molar-refractivity contribution in [2.24, 2.45) is 17.8 Å². The van der Waals surface area contributed by atoms with Crippen LogP contribution in [0, 0.1) is 17.8 Å². The molecule has 1 aliphatic heterocycles. The van der Waals surface area contributed by atoms with Crippen molar-refractivity contribution in [3.05, 3.63) is 0 Å². The van der Waals surface area contributed by atoms with E-state index in [0.29, 0.717) is 24.0 Å². The predicted octanol–water partition coefficient (Wildman–Crippen LogP) is 0.494. The van der Waals surface area contributed by atoms with E-state index in [1.54, 1.807) is 0 Å². The third-order valence-electron chi connectivity index (χ3n) is 3.41. The smallest absolute Gasteiger partial charge is 0.306 e. The minimum atomic E-state index is -0.619. The Kier molecular flexibility index (Phi) is 0.876. The van der Waals surface area contributed by atoms with Crippen LogP contribution in [0.5, 0.6) is 0 Å². The van der Waals surface area contributed by atoms with E-state index in [0.717, 1.165) is 12.8 Å². The molecule has 3 nitrogen and oxygen atoms in total. The van der Waals surface area contributed by atoms with Crippen LogP contribution in [0.2, 0.25) is 0 Å². The van der Waals surface area contributed by atoms with Crippen molar-refractivity contribution in [3.63, 3.8) is 0 Å². The van der Waals surface area contributed by atoms with E-state index in [2.05, 4.69) is 0 Å². The fourth-order valence-corrected chi connectivity index (χ4v) is 2.89. The highest BCUT2D eigenvalue weighted by molar-refractivity contribution is 5.71. The highest BCUT2D eigenvalue weighted by Crippen LogP contribution is 2.58. The summed E-state index contributed by atoms with van der Waals surface area (Å²) in [5, 5.41) is 8.82. The normalized spacial score (nSPS) is 57.6. The molecule has 3 aliphatic rings. The first-order valence-corrected chi connectivity index (χ1v) is 4.15. The summed E-state index contributed by atoms with van der Waals surface area (Å²) in [5.74, 6) is 0.212. The molecule has 0 unspecified atom stereocenters. The van der Waals surface area contributed by atoms with Crippen LogP contribution >= 0.6 is 0 Å². The lowest BCUT2D eigenvalue weighted by Crippen LogP contribution is -2.24. The van der Waals surface area contributed by atoms with Gasteiger partial charge in [-0.3, -0.25) is 4.79 Å². The molecule has 1 heterocycles. The van der Waals surface area contributed by atoms with Gasteiger partial charge in [0.1, 0.15) is 0 Å². The van der Waals surface area contributed by atoms with Crippen molar-refractivity contribution >= 4 is 5.97 Å². The van der Waals surface area contributed by atoms with E-state index in [-0.39, 0.29) is 5.92 Å². The van der Waals surface area contributed by atoms with Crippen molar-refractivity contribution in [1.82, 2.24) is 0 Å². The predicted molar refractivity (Wildman–Crippen MR) is 36.0 cm³/mol. The van der Waals surface area contributed by atoms with E-state index in [4.69, 9.17) is 9.84 Å². The molecule has 2 bridgehead atoms. The monoisotopic (exact) mass is 154 g/mol. The Bertz CT molecular complexity index is 225. The van der Waals surface area contributed by atoms with Crippen LogP contribution < -0.4 is 0 Å². The molecule has 0 aromatic rings. The van der Waals surface area contributed by atoms with E-state index in [9.17, 15) is 4.79 Å². The van der Waals surface area contributed by atoms with E-state index < -0.39 is 5.97 Å². The molecule has 11 heavy (non-hydrogen) atoms. The van der Waals surface area contributed by atoms with Gasteiger partial charge in [0.2, 0.25) is 0 Å². The van der Waals surface area contributed by atoms with Crippen molar-refractivity contribution in [2.45, 2.75) is 25.0 Å². The van der Waals surface area contributed by atoms with Crippen LogP contribution in [-0.4, -0.2) is 23.3 Å². The average Bonchev–Trinajstić information content (AvgIpc) is 2.57. The number of carbonyl (C=O) groups is 1. The van der Waals surface area contributed by atoms with E-state index in [1.165, 1.54) is 0 Å². The van der Waals surface area contributed by atoms with Gasteiger partial charge in [-0.2, -0.15) is 0 Å². The van der Waals surface area contributed by atoms with E-state index >= 15 is 0 Å². The van der Waals surface area contributed by atoms with Crippen LogP contribution in [0.3, 0.4) is 0 Å². The molecule has 0 aromatic heterocycles. The first kappa shape index (κ1) is 6.00. The summed E-state index contributed by atoms with van der Waals surface area (Å²) in [5.41, 5.74) is 0. The highest BCUT2D eigenvalue weighted by Gasteiger charge is 2.64. The van der Waals surface area contributed by atoms with Gasteiger partial charge in [-0.05, 0) is 18.8 Å². The van der Waals surface area contributed by atoms with Crippen molar-refractivity contribution < 1.29 is 14.6 Å². The summed E-state index contributed by atoms with van der Waals surface area (Å²) in [6.45, 7) is 0. The third kappa shape index (κ3) is 0.601. The molecule has 3 heteroatoms. The minimum absolute atomic E-state index is 0.0938. The maximum Gasteiger partial charge on any atom is 0.306 e. The molecule has 0 radical (unpaired) electrons. The summed E-state index contributed by atoms with van der Waals surface area (Å²) in [4.78, 5) is 10.7. The molecule has 0 amide bonds. The fraction of sp³-hybridized carbons (Fsp3) is 0.875. The lowest BCUT2D eigenvalue weighted by atomic mass is 9.89. The molecule has 1 N–H and O–H groups in total. The third-order valence-corrected chi connectivity index (χ3v) is 3.41. The maximum atomic E-state index is 10.7. The SMILES string of the molecule is O=C(O)[C@@H]1C[C@@H]2C[C@@H]1[C@@H]1O[C@H]21. The molecule has 1 saturated heterocycles. The molecular formula is C8H10O3. The second-order valence-corrected chi connectivity index (χ2v) is 3.91. The van der Waals surface area contributed by atoms with Crippen LogP contribution in [0.25, 0.3) is 0 Å². The zero-order valence-electron chi connectivity index (χ0n) is 6.06. The van der Waals surface area contributed by atoms with Gasteiger partial charge in [0.15, 0.2) is 0 Å². The van der Waals surface area contributed by atoms with Crippen LogP contribution in [0.4, 0.5) is 0 Å². The lowest BCUT2D eigenvalue weighted by Gasteiger charge is -2.13. The number of fused-ring (bicyclic) bond motifs is 5. The molecular weight excluding hydrogens is 144 g/mol. The van der Waals surface area contributed by atoms with Gasteiger partial charge in [0.25, 0.3) is 0 Å². The van der Waals surface area contributed by atoms with Crippen molar-refractivity contribution in [3.8, 4) is 0 Å². The molecule has 3 fully saturated rings. The van der Waals surface area contributed by atoms with Gasteiger partial charge in [0.05, 0.1) is 18.1 Å². The number of aliphatic carboxylic acids is 1. The molecule has 0 spiro atoms. The Labute approximate surface area is 64.3 Å². The second kappa shape index (κ2) is 1.61. The van der Waals surface area contributed by atoms with Crippen LogP contribution in [-0.2, 0) is 9.53 Å². The Morgan fingerprint density at radius 1 is 1.36 bits per heavy atom. The summed E-state index contributed by atoms with van der Waals surface area (Å²) in [6, 6.07) is 0. The molecule has 0 aromatic carbocycles. The number of ether oxygens (including phenoxy) is 1. The number of hydrogen-bond acceptors (Lipinski definition) is 2. The van der Waals surface area contributed by atoms with Gasteiger partial charge in [0, 0.05) is 5.92 Å². The standard InChI is InChI=1S/C8H10O3/c9-8(10)5-2-3-1-4(5)7-6(3)11-7/h3-7H,1-2H2,(H,9,10)/t3-,4-,5+,6+,7-/m0/s1. The quantitative estimate of drug-likeness (QED) is 0.559. The van der Waals surface area contributed by atoms with E-state index in [1.807, 2.05) is 0 Å². The average molecular weight is 154 g/mol. The highest BCUT2D eigenvalue weighted by atomic mass is 16.6. The molecule has 60 valence electrons. The topological polar surface area (TPSA) is 49.8 Å². The molecule has 2 saturated carbocycles. The summed E-state index contributed by atoms with van der Waals surface area (Å²) >= 11 is 0. The van der Waals surface area contributed by atoms with Gasteiger partial charge in [-0.15, -0.1) is 0 Å². The largest absolute Gasteiger partial charge is 0.481 e. The van der Waals surface area contributed by atoms with Gasteiger partial charge in [-0.25, -0.2) is 0 Å². The molecule has 5 atom stereocenters. The van der Waals surface area contributed by atoms with Gasteiger partial charge < -0.3 is 9.84 Å². The Balaban J connectivity index is 1.87. The first-order valence-electron chi connectivity index (χ1n) is 4.15. The Hall–Kier alpha value is -0.570. The molecule has 2 aliphatic carbocycles. The van der Waals surface area contributed by atoms with Crippen LogP contribution in [0.1, 0.15) is 12.8 Å². The fourth-order valence-electron chi connectivity index (χ4n) is 2.89. The number of carboxylic acid groups (broad SMARTS) is 1. The first-order chi connectivity index (χ1) is 5.27. The zero-order chi connectivity index (χ0) is 7.59. The van der Waals surface area contributed by atoms with Gasteiger partial charge >= 0.3 is 5.97 Å². The second-order valence-electron chi connectivity index (χ2n) is 3.91. The van der Waals surface area contributed by atoms with Crippen molar-refractivity contribution in [2.75, 3.05) is 0 Å². The maximum absolute atomic E-state index is 10.7.